The first-order valence-corrected chi connectivity index (χ1v) is 8.29. The molecule has 1 aromatic rings. The molecular formula is C15H26N2OS. The molecule has 1 aliphatic rings. The van der Waals surface area contributed by atoms with Gasteiger partial charge in [-0.25, -0.2) is 4.98 Å². The van der Waals surface area contributed by atoms with Crippen LogP contribution in [0.2, 0.25) is 0 Å². The second-order valence-electron chi connectivity index (χ2n) is 5.38. The smallest absolute Gasteiger partial charge is 0.125 e. The van der Waals surface area contributed by atoms with Gasteiger partial charge in [-0.05, 0) is 40.2 Å². The Morgan fingerprint density at radius 1 is 1.37 bits per heavy atom. The zero-order valence-electron chi connectivity index (χ0n) is 12.6. The summed E-state index contributed by atoms with van der Waals surface area (Å²) in [5, 5.41) is 4.68. The van der Waals surface area contributed by atoms with Crippen LogP contribution in [0.1, 0.15) is 68.1 Å². The summed E-state index contributed by atoms with van der Waals surface area (Å²) >= 11 is 1.84. The van der Waals surface area contributed by atoms with Crippen LogP contribution in [-0.4, -0.2) is 18.1 Å². The van der Waals surface area contributed by atoms with E-state index in [1.165, 1.54) is 28.4 Å². The van der Waals surface area contributed by atoms with Gasteiger partial charge in [-0.1, -0.05) is 19.8 Å². The molecule has 19 heavy (non-hydrogen) atoms. The third kappa shape index (κ3) is 3.01. The first-order valence-electron chi connectivity index (χ1n) is 7.48. The fourth-order valence-electron chi connectivity index (χ4n) is 3.05. The van der Waals surface area contributed by atoms with Gasteiger partial charge in [0.05, 0.1) is 5.69 Å². The van der Waals surface area contributed by atoms with Crippen molar-refractivity contribution in [3.8, 4) is 0 Å². The lowest BCUT2D eigenvalue weighted by Crippen LogP contribution is -2.25. The zero-order valence-corrected chi connectivity index (χ0v) is 13.4. The molecular weight excluding hydrogens is 256 g/mol. The summed E-state index contributed by atoms with van der Waals surface area (Å²) < 4.78 is 6.11. The molecule has 108 valence electrons. The molecule has 1 saturated carbocycles. The number of nitrogens with zero attached hydrogens (tertiary/aromatic N) is 1. The Morgan fingerprint density at radius 2 is 2.05 bits per heavy atom. The maximum atomic E-state index is 6.11. The summed E-state index contributed by atoms with van der Waals surface area (Å²) in [7, 11) is 0. The molecule has 0 bridgehead atoms. The molecule has 0 saturated heterocycles. The van der Waals surface area contributed by atoms with E-state index in [0.29, 0.717) is 6.04 Å². The van der Waals surface area contributed by atoms with Crippen molar-refractivity contribution in [3.05, 3.63) is 15.6 Å². The van der Waals surface area contributed by atoms with Gasteiger partial charge in [0, 0.05) is 17.5 Å². The second kappa shape index (κ2) is 6.33. The summed E-state index contributed by atoms with van der Waals surface area (Å²) in [6.07, 6.45) is 4.78. The van der Waals surface area contributed by atoms with Crippen molar-refractivity contribution in [2.45, 2.75) is 65.0 Å². The SMILES string of the molecule is CCNC(C)c1sc(C2(OCC)CCCC2)nc1C. The van der Waals surface area contributed by atoms with Gasteiger partial charge in [-0.3, -0.25) is 0 Å². The molecule has 2 rings (SSSR count). The largest absolute Gasteiger partial charge is 0.368 e. The molecule has 1 fully saturated rings. The van der Waals surface area contributed by atoms with E-state index in [1.54, 1.807) is 0 Å². The number of hydrogen-bond acceptors (Lipinski definition) is 4. The monoisotopic (exact) mass is 282 g/mol. The highest BCUT2D eigenvalue weighted by atomic mass is 32.1. The molecule has 1 N–H and O–H groups in total. The number of nitrogens with one attached hydrogen (secondary N) is 1. The fourth-order valence-corrected chi connectivity index (χ4v) is 4.34. The van der Waals surface area contributed by atoms with Crippen LogP contribution in [0.5, 0.6) is 0 Å². The predicted molar refractivity (Wildman–Crippen MR) is 80.7 cm³/mol. The molecule has 4 heteroatoms. The van der Waals surface area contributed by atoms with Crippen LogP contribution < -0.4 is 5.32 Å². The van der Waals surface area contributed by atoms with Crippen molar-refractivity contribution >= 4 is 11.3 Å². The van der Waals surface area contributed by atoms with E-state index in [9.17, 15) is 0 Å². The van der Waals surface area contributed by atoms with Crippen LogP contribution in [-0.2, 0) is 10.3 Å². The minimum atomic E-state index is -0.0889. The molecule has 1 atom stereocenters. The predicted octanol–water partition coefficient (Wildman–Crippen LogP) is 3.93. The molecule has 3 nitrogen and oxygen atoms in total. The Hall–Kier alpha value is -0.450. The van der Waals surface area contributed by atoms with Crippen LogP contribution in [0.4, 0.5) is 0 Å². The van der Waals surface area contributed by atoms with Crippen molar-refractivity contribution in [2.24, 2.45) is 0 Å². The fraction of sp³-hybridized carbons (Fsp3) is 0.800. The molecule has 1 heterocycles. The van der Waals surface area contributed by atoms with E-state index in [4.69, 9.17) is 9.72 Å². The summed E-state index contributed by atoms with van der Waals surface area (Å²) in [6, 6.07) is 0.385. The minimum absolute atomic E-state index is 0.0889. The first-order chi connectivity index (χ1) is 9.13. The van der Waals surface area contributed by atoms with Gasteiger partial charge in [0.25, 0.3) is 0 Å². The number of thiazole rings is 1. The van der Waals surface area contributed by atoms with Gasteiger partial charge in [0.2, 0.25) is 0 Å². The van der Waals surface area contributed by atoms with Crippen LogP contribution in [0.15, 0.2) is 0 Å². The average molecular weight is 282 g/mol. The van der Waals surface area contributed by atoms with Gasteiger partial charge < -0.3 is 10.1 Å². The van der Waals surface area contributed by atoms with Crippen molar-refractivity contribution in [1.82, 2.24) is 10.3 Å². The van der Waals surface area contributed by atoms with E-state index in [1.807, 2.05) is 11.3 Å². The summed E-state index contributed by atoms with van der Waals surface area (Å²) in [5.74, 6) is 0. The summed E-state index contributed by atoms with van der Waals surface area (Å²) in [6.45, 7) is 10.3. The van der Waals surface area contributed by atoms with Gasteiger partial charge in [0.15, 0.2) is 0 Å². The highest BCUT2D eigenvalue weighted by Crippen LogP contribution is 2.45. The van der Waals surface area contributed by atoms with Crippen molar-refractivity contribution in [1.29, 1.82) is 0 Å². The standard InChI is InChI=1S/C15H26N2OS/c1-5-16-11(3)13-12(4)17-14(19-13)15(18-6-2)9-7-8-10-15/h11,16H,5-10H2,1-4H3. The lowest BCUT2D eigenvalue weighted by Gasteiger charge is -2.26. The van der Waals surface area contributed by atoms with E-state index >= 15 is 0 Å². The van der Waals surface area contributed by atoms with Crippen molar-refractivity contribution in [2.75, 3.05) is 13.2 Å². The van der Waals surface area contributed by atoms with Gasteiger partial charge in [-0.2, -0.15) is 0 Å². The van der Waals surface area contributed by atoms with Crippen molar-refractivity contribution in [3.63, 3.8) is 0 Å². The molecule has 0 aliphatic heterocycles. The molecule has 0 amide bonds. The van der Waals surface area contributed by atoms with Gasteiger partial charge in [0.1, 0.15) is 10.6 Å². The Labute approximate surface area is 120 Å². The Morgan fingerprint density at radius 3 is 2.63 bits per heavy atom. The number of hydrogen-bond donors (Lipinski definition) is 1. The normalized spacial score (nSPS) is 19.8. The summed E-state index contributed by atoms with van der Waals surface area (Å²) in [4.78, 5) is 6.20. The highest BCUT2D eigenvalue weighted by molar-refractivity contribution is 7.12. The van der Waals surface area contributed by atoms with Gasteiger partial charge in [-0.15, -0.1) is 11.3 Å². The molecule has 1 aliphatic carbocycles. The molecule has 0 spiro atoms. The molecule has 1 aromatic heterocycles. The van der Waals surface area contributed by atoms with Crippen molar-refractivity contribution < 1.29 is 4.74 Å². The van der Waals surface area contributed by atoms with E-state index in [-0.39, 0.29) is 5.60 Å². The zero-order chi connectivity index (χ0) is 13.9. The van der Waals surface area contributed by atoms with Crippen LogP contribution in [0.25, 0.3) is 0 Å². The lowest BCUT2D eigenvalue weighted by molar-refractivity contribution is -0.0391. The minimum Gasteiger partial charge on any atom is -0.368 e. The maximum absolute atomic E-state index is 6.11. The van der Waals surface area contributed by atoms with Crippen LogP contribution >= 0.6 is 11.3 Å². The topological polar surface area (TPSA) is 34.1 Å². The van der Waals surface area contributed by atoms with Crippen LogP contribution in [0.3, 0.4) is 0 Å². The van der Waals surface area contributed by atoms with E-state index < -0.39 is 0 Å². The van der Waals surface area contributed by atoms with E-state index in [0.717, 1.165) is 26.0 Å². The lowest BCUT2D eigenvalue weighted by atomic mass is 10.0. The number of aryl methyl sites for hydroxylation is 1. The average Bonchev–Trinajstić information content (AvgIpc) is 2.97. The third-order valence-corrected chi connectivity index (χ3v) is 5.48. The number of rotatable bonds is 6. The number of ether oxygens (including phenoxy) is 1. The molecule has 0 radical (unpaired) electrons. The van der Waals surface area contributed by atoms with Crippen LogP contribution in [0, 0.1) is 6.92 Å². The first kappa shape index (κ1) is 14.9. The van der Waals surface area contributed by atoms with Gasteiger partial charge >= 0.3 is 0 Å². The third-order valence-electron chi connectivity index (χ3n) is 3.96. The Kier molecular flexibility index (Phi) is 4.98. The molecule has 0 aromatic carbocycles. The summed E-state index contributed by atoms with van der Waals surface area (Å²) in [5.41, 5.74) is 1.08. The Bertz CT molecular complexity index is 410. The second-order valence-corrected chi connectivity index (χ2v) is 6.41. The maximum Gasteiger partial charge on any atom is 0.125 e. The number of aromatic nitrogens is 1. The quantitative estimate of drug-likeness (QED) is 0.858. The highest BCUT2D eigenvalue weighted by Gasteiger charge is 2.39. The van der Waals surface area contributed by atoms with E-state index in [2.05, 4.69) is 33.0 Å². The Balaban J connectivity index is 2.27. The molecule has 1 unspecified atom stereocenters.